The van der Waals surface area contributed by atoms with E-state index in [4.69, 9.17) is 11.6 Å². The lowest BCUT2D eigenvalue weighted by atomic mass is 10.2. The normalized spacial score (nSPS) is 10.7. The second kappa shape index (κ2) is 8.06. The van der Waals surface area contributed by atoms with Crippen LogP contribution in [0.3, 0.4) is 0 Å². The van der Waals surface area contributed by atoms with Gasteiger partial charge in [0.1, 0.15) is 5.82 Å². The number of alkyl halides is 2. The van der Waals surface area contributed by atoms with Crippen LogP contribution in [-0.2, 0) is 4.79 Å². The van der Waals surface area contributed by atoms with Crippen LogP contribution < -0.4 is 10.6 Å². The van der Waals surface area contributed by atoms with E-state index in [-0.39, 0.29) is 28.7 Å². The van der Waals surface area contributed by atoms with Gasteiger partial charge in [-0.1, -0.05) is 22.9 Å². The quantitative estimate of drug-likeness (QED) is 0.809. The third kappa shape index (κ3) is 4.90. The van der Waals surface area contributed by atoms with Crippen molar-refractivity contribution in [1.29, 1.82) is 0 Å². The number of nitrogens with zero attached hydrogens (tertiary/aromatic N) is 2. The molecule has 1 heterocycles. The number of nitrogens with one attached hydrogen (secondary N) is 2. The van der Waals surface area contributed by atoms with Crippen LogP contribution in [0.4, 0.5) is 18.3 Å². The molecule has 0 spiro atoms. The summed E-state index contributed by atoms with van der Waals surface area (Å²) in [5.41, 5.74) is 0.0733. The topological polar surface area (TPSA) is 84.0 Å². The Hall–Kier alpha value is -2.20. The summed E-state index contributed by atoms with van der Waals surface area (Å²) in [6, 6.07) is 3.31. The lowest BCUT2D eigenvalue weighted by molar-refractivity contribution is -0.116. The number of hydrogen-bond acceptors (Lipinski definition) is 5. The minimum Gasteiger partial charge on any atom is -0.351 e. The van der Waals surface area contributed by atoms with E-state index in [9.17, 15) is 22.8 Å². The van der Waals surface area contributed by atoms with Gasteiger partial charge in [0.05, 0.1) is 10.6 Å². The van der Waals surface area contributed by atoms with Gasteiger partial charge in [0.25, 0.3) is 12.3 Å². The molecule has 0 saturated carbocycles. The van der Waals surface area contributed by atoms with Crippen molar-refractivity contribution in [3.63, 3.8) is 0 Å². The average molecular weight is 379 g/mol. The van der Waals surface area contributed by atoms with Crippen molar-refractivity contribution in [3.8, 4) is 0 Å². The number of amides is 2. The number of rotatable bonds is 6. The molecule has 0 aliphatic heterocycles. The third-order valence-corrected chi connectivity index (χ3v) is 3.85. The molecule has 0 saturated heterocycles. The molecule has 24 heavy (non-hydrogen) atoms. The zero-order valence-electron chi connectivity index (χ0n) is 11.9. The van der Waals surface area contributed by atoms with Gasteiger partial charge >= 0.3 is 0 Å². The predicted molar refractivity (Wildman–Crippen MR) is 81.9 cm³/mol. The molecule has 0 radical (unpaired) electrons. The maximum Gasteiger partial charge on any atom is 0.291 e. The number of benzene rings is 1. The van der Waals surface area contributed by atoms with E-state index in [2.05, 4.69) is 20.8 Å². The van der Waals surface area contributed by atoms with Gasteiger partial charge in [-0.05, 0) is 18.2 Å². The Labute approximate surface area is 143 Å². The van der Waals surface area contributed by atoms with Gasteiger partial charge in [-0.3, -0.25) is 9.59 Å². The first-order valence-corrected chi connectivity index (χ1v) is 7.71. The van der Waals surface area contributed by atoms with Crippen molar-refractivity contribution < 1.29 is 22.8 Å². The summed E-state index contributed by atoms with van der Waals surface area (Å²) in [5.74, 6) is -1.67. The minimum atomic E-state index is -2.76. The molecule has 0 atom stereocenters. The molecule has 6 nitrogen and oxygen atoms in total. The van der Waals surface area contributed by atoms with Crippen LogP contribution in [-0.4, -0.2) is 28.6 Å². The standard InChI is InChI=1S/C13H10ClF3N4O2S/c14-8-5-6(15)1-2-7(8)11(23)18-4-3-9(22)19-13-21-20-12(24-13)10(16)17/h1-2,5,10H,3-4H2,(H,18,23)(H,19,21,22). The van der Waals surface area contributed by atoms with E-state index in [1.807, 2.05) is 0 Å². The number of hydrogen-bond donors (Lipinski definition) is 2. The van der Waals surface area contributed by atoms with Crippen molar-refractivity contribution >= 4 is 39.9 Å². The summed E-state index contributed by atoms with van der Waals surface area (Å²) >= 11 is 6.31. The maximum absolute atomic E-state index is 12.9. The lowest BCUT2D eigenvalue weighted by Gasteiger charge is -2.06. The molecule has 0 bridgehead atoms. The Morgan fingerprint density at radius 1 is 1.29 bits per heavy atom. The summed E-state index contributed by atoms with van der Waals surface area (Å²) in [6.07, 6.45) is -2.87. The van der Waals surface area contributed by atoms with Crippen LogP contribution in [0, 0.1) is 5.82 Å². The predicted octanol–water partition coefficient (Wildman–Crippen LogP) is 3.03. The van der Waals surface area contributed by atoms with Crippen LogP contribution in [0.5, 0.6) is 0 Å². The molecule has 11 heteroatoms. The molecule has 1 aromatic heterocycles. The second-order valence-corrected chi connectivity index (χ2v) is 5.84. The van der Waals surface area contributed by atoms with E-state index in [1.165, 1.54) is 6.07 Å². The van der Waals surface area contributed by atoms with Crippen molar-refractivity contribution in [3.05, 3.63) is 39.6 Å². The molecule has 0 fully saturated rings. The van der Waals surface area contributed by atoms with E-state index < -0.39 is 29.1 Å². The van der Waals surface area contributed by atoms with Crippen molar-refractivity contribution in [2.45, 2.75) is 12.8 Å². The molecular formula is C13H10ClF3N4O2S. The number of anilines is 1. The van der Waals surface area contributed by atoms with Gasteiger partial charge in [0.15, 0.2) is 5.01 Å². The van der Waals surface area contributed by atoms with Gasteiger partial charge in [0, 0.05) is 13.0 Å². The number of aromatic nitrogens is 2. The molecule has 0 aliphatic rings. The Morgan fingerprint density at radius 3 is 2.67 bits per heavy atom. The highest BCUT2D eigenvalue weighted by molar-refractivity contribution is 7.15. The van der Waals surface area contributed by atoms with Crippen LogP contribution in [0.25, 0.3) is 0 Å². The van der Waals surface area contributed by atoms with Crippen LogP contribution in [0.1, 0.15) is 28.2 Å². The summed E-state index contributed by atoms with van der Waals surface area (Å²) in [5, 5.41) is 10.8. The number of carbonyl (C=O) groups excluding carboxylic acids is 2. The van der Waals surface area contributed by atoms with Crippen molar-refractivity contribution in [2.24, 2.45) is 0 Å². The summed E-state index contributed by atoms with van der Waals surface area (Å²) in [7, 11) is 0. The van der Waals surface area contributed by atoms with E-state index in [1.54, 1.807) is 0 Å². The fourth-order valence-electron chi connectivity index (χ4n) is 1.61. The molecule has 128 valence electrons. The summed E-state index contributed by atoms with van der Waals surface area (Å²) in [6.45, 7) is -0.0289. The Bertz CT molecular complexity index is 757. The number of halogens is 4. The smallest absolute Gasteiger partial charge is 0.291 e. The van der Waals surface area contributed by atoms with Crippen LogP contribution in [0.15, 0.2) is 18.2 Å². The number of carbonyl (C=O) groups is 2. The molecule has 2 amide bonds. The van der Waals surface area contributed by atoms with Crippen molar-refractivity contribution in [1.82, 2.24) is 15.5 Å². The van der Waals surface area contributed by atoms with E-state index in [0.29, 0.717) is 11.3 Å². The first-order chi connectivity index (χ1) is 11.4. The molecule has 2 N–H and O–H groups in total. The fourth-order valence-corrected chi connectivity index (χ4v) is 2.48. The molecular weight excluding hydrogens is 369 g/mol. The maximum atomic E-state index is 12.9. The summed E-state index contributed by atoms with van der Waals surface area (Å²) < 4.78 is 37.6. The second-order valence-electron chi connectivity index (χ2n) is 4.42. The zero-order valence-corrected chi connectivity index (χ0v) is 13.4. The molecule has 1 aromatic carbocycles. The third-order valence-electron chi connectivity index (χ3n) is 2.69. The first-order valence-electron chi connectivity index (χ1n) is 6.51. The highest BCUT2D eigenvalue weighted by atomic mass is 35.5. The van der Waals surface area contributed by atoms with Gasteiger partial charge in [0.2, 0.25) is 11.0 Å². The van der Waals surface area contributed by atoms with Gasteiger partial charge in [-0.25, -0.2) is 13.2 Å². The molecule has 0 unspecified atom stereocenters. The lowest BCUT2D eigenvalue weighted by Crippen LogP contribution is -2.27. The molecule has 2 rings (SSSR count). The SMILES string of the molecule is O=C(CCNC(=O)c1ccc(F)cc1Cl)Nc1nnc(C(F)F)s1. The van der Waals surface area contributed by atoms with Crippen LogP contribution in [0.2, 0.25) is 5.02 Å². The average Bonchev–Trinajstić information content (AvgIpc) is 2.95. The molecule has 2 aromatic rings. The Morgan fingerprint density at radius 2 is 2.04 bits per heavy atom. The highest BCUT2D eigenvalue weighted by Gasteiger charge is 2.16. The fraction of sp³-hybridized carbons (Fsp3) is 0.231. The van der Waals surface area contributed by atoms with Crippen molar-refractivity contribution in [2.75, 3.05) is 11.9 Å². The first kappa shape index (κ1) is 18.1. The van der Waals surface area contributed by atoms with E-state index in [0.717, 1.165) is 12.1 Å². The highest BCUT2D eigenvalue weighted by Crippen LogP contribution is 2.25. The van der Waals surface area contributed by atoms with Crippen LogP contribution >= 0.6 is 22.9 Å². The monoisotopic (exact) mass is 378 g/mol. The van der Waals surface area contributed by atoms with Gasteiger partial charge in [-0.2, -0.15) is 0 Å². The van der Waals surface area contributed by atoms with Gasteiger partial charge in [-0.15, -0.1) is 10.2 Å². The zero-order chi connectivity index (χ0) is 17.7. The molecule has 0 aliphatic carbocycles. The summed E-state index contributed by atoms with van der Waals surface area (Å²) in [4.78, 5) is 23.5. The minimum absolute atomic E-state index is 0.0289. The Kier molecular flexibility index (Phi) is 6.10. The van der Waals surface area contributed by atoms with Gasteiger partial charge < -0.3 is 10.6 Å². The Balaban J connectivity index is 1.80. The largest absolute Gasteiger partial charge is 0.351 e. The van der Waals surface area contributed by atoms with E-state index >= 15 is 0 Å².